The van der Waals surface area contributed by atoms with Gasteiger partial charge in [-0.25, -0.2) is 9.78 Å². The largest absolute Gasteiger partial charge is 0.444 e. The number of ether oxygens (including phenoxy) is 2. The van der Waals surface area contributed by atoms with Crippen molar-refractivity contribution in [2.24, 2.45) is 0 Å². The van der Waals surface area contributed by atoms with E-state index in [1.165, 1.54) is 18.2 Å². The highest BCUT2D eigenvalue weighted by Crippen LogP contribution is 2.48. The fourth-order valence-electron chi connectivity index (χ4n) is 5.00. The van der Waals surface area contributed by atoms with E-state index in [1.807, 2.05) is 0 Å². The van der Waals surface area contributed by atoms with Crippen molar-refractivity contribution in [3.63, 3.8) is 0 Å². The van der Waals surface area contributed by atoms with E-state index >= 15 is 13.2 Å². The smallest absolute Gasteiger partial charge is 0.426 e. The molecular formula is C33H30F6N4O4. The topological polar surface area (TPSA) is 99.4 Å². The maximum absolute atomic E-state index is 15.1. The number of aromatic nitrogens is 3. The summed E-state index contributed by atoms with van der Waals surface area (Å²) in [5.41, 5.74) is -6.00. The lowest BCUT2D eigenvalue weighted by atomic mass is 9.94. The van der Waals surface area contributed by atoms with Gasteiger partial charge < -0.3 is 13.9 Å². The van der Waals surface area contributed by atoms with Gasteiger partial charge in [-0.15, -0.1) is 10.2 Å². The van der Waals surface area contributed by atoms with Crippen LogP contribution in [0.3, 0.4) is 0 Å². The number of allylic oxidation sites excluding steroid dienone is 2. The van der Waals surface area contributed by atoms with Crippen LogP contribution in [0.4, 0.5) is 36.8 Å². The highest BCUT2D eigenvalue weighted by atomic mass is 19.4. The van der Waals surface area contributed by atoms with Gasteiger partial charge in [0.15, 0.2) is 5.69 Å². The number of halogens is 6. The maximum Gasteiger partial charge on any atom is 0.426 e. The lowest BCUT2D eigenvalue weighted by Gasteiger charge is -2.32. The first-order valence-corrected chi connectivity index (χ1v) is 14.5. The molecule has 248 valence electrons. The first kappa shape index (κ1) is 33.6. The van der Waals surface area contributed by atoms with Crippen molar-refractivity contribution in [1.82, 2.24) is 15.2 Å². The van der Waals surface area contributed by atoms with Crippen LogP contribution in [-0.4, -0.2) is 33.1 Å². The molecule has 0 saturated heterocycles. The minimum atomic E-state index is -5.07. The average Bonchev–Trinajstić information content (AvgIpc) is 3.47. The van der Waals surface area contributed by atoms with Gasteiger partial charge in [0, 0.05) is 5.56 Å². The van der Waals surface area contributed by atoms with E-state index in [4.69, 9.17) is 13.9 Å². The zero-order valence-corrected chi connectivity index (χ0v) is 25.5. The molecule has 2 aromatic heterocycles. The third kappa shape index (κ3) is 7.48. The number of hydrogen-bond donors (Lipinski definition) is 1. The molecule has 5 rings (SSSR count). The number of nitrogens with zero attached hydrogens (tertiary/aromatic N) is 3. The Hall–Kier alpha value is -4.72. The summed E-state index contributed by atoms with van der Waals surface area (Å²) >= 11 is 0. The van der Waals surface area contributed by atoms with Gasteiger partial charge in [0.25, 0.3) is 11.8 Å². The Balaban J connectivity index is 1.75. The van der Waals surface area contributed by atoms with Gasteiger partial charge in [-0.05, 0) is 57.2 Å². The molecule has 47 heavy (non-hydrogen) atoms. The number of rotatable bonds is 4. The van der Waals surface area contributed by atoms with Crippen LogP contribution >= 0.6 is 0 Å². The molecule has 2 aromatic carbocycles. The zero-order chi connectivity index (χ0) is 34.0. The molecule has 0 aliphatic carbocycles. The van der Waals surface area contributed by atoms with E-state index in [9.17, 15) is 18.0 Å². The first-order valence-electron chi connectivity index (χ1n) is 14.5. The number of carbonyl (C=O) groups excluding carboxylic acids is 1. The van der Waals surface area contributed by atoms with Crippen molar-refractivity contribution in [1.29, 1.82) is 0 Å². The highest BCUT2D eigenvalue weighted by molar-refractivity contribution is 5.90. The lowest BCUT2D eigenvalue weighted by Crippen LogP contribution is -2.45. The number of amides is 1. The van der Waals surface area contributed by atoms with Crippen LogP contribution in [0, 0.1) is 0 Å². The van der Waals surface area contributed by atoms with Crippen LogP contribution in [-0.2, 0) is 34.3 Å². The van der Waals surface area contributed by atoms with E-state index in [1.54, 1.807) is 69.3 Å². The Labute approximate surface area is 265 Å². The van der Waals surface area contributed by atoms with Crippen molar-refractivity contribution in [2.75, 3.05) is 5.32 Å². The number of hydrogen-bond acceptors (Lipinski definition) is 7. The molecule has 3 heterocycles. The van der Waals surface area contributed by atoms with Gasteiger partial charge in [0.2, 0.25) is 5.60 Å². The Morgan fingerprint density at radius 2 is 1.64 bits per heavy atom. The molecule has 1 aliphatic heterocycles. The molecule has 0 saturated carbocycles. The number of benzene rings is 2. The monoisotopic (exact) mass is 660 g/mol. The lowest BCUT2D eigenvalue weighted by molar-refractivity contribution is -0.299. The number of pyridine rings is 1. The molecule has 1 N–H and O–H groups in total. The molecule has 0 radical (unpaired) electrons. The molecule has 4 bridgehead atoms. The van der Waals surface area contributed by atoms with Crippen LogP contribution in [0.25, 0.3) is 22.8 Å². The summed E-state index contributed by atoms with van der Waals surface area (Å²) in [6.07, 6.45) is -8.84. The minimum absolute atomic E-state index is 0.0880. The fourth-order valence-corrected chi connectivity index (χ4v) is 5.00. The molecule has 1 amide bonds. The van der Waals surface area contributed by atoms with Crippen LogP contribution in [0.5, 0.6) is 0 Å². The van der Waals surface area contributed by atoms with E-state index in [0.29, 0.717) is 17.2 Å². The quantitative estimate of drug-likeness (QED) is 0.172. The average molecular weight is 661 g/mol. The second kappa shape index (κ2) is 12.8. The molecule has 0 fully saturated rings. The van der Waals surface area contributed by atoms with Gasteiger partial charge >= 0.3 is 18.4 Å². The van der Waals surface area contributed by atoms with Gasteiger partial charge in [-0.2, -0.15) is 26.3 Å². The number of anilines is 1. The molecule has 0 spiro atoms. The maximum atomic E-state index is 15.1. The second-order valence-corrected chi connectivity index (χ2v) is 11.8. The summed E-state index contributed by atoms with van der Waals surface area (Å²) in [5.74, 6) is -1.66. The Kier molecular flexibility index (Phi) is 9.18. The number of alkyl halides is 6. The highest BCUT2D eigenvalue weighted by Gasteiger charge is 2.61. The normalized spacial score (nSPS) is 17.7. The Morgan fingerprint density at radius 3 is 2.32 bits per heavy atom. The standard InChI is InChI=1S/C33H30F6N4O4/c1-30(2,3)47-29(44)40-24-18-23(32(34,35)36)25-22-16-10-9-15-21(22)14-8-5-11-17-31(33(37,38)39,45-19-20-12-6-4-7-13-20)28-43-42-27(46-28)26(24)41-25/h4-10,12-13,15-16,18H,11,14,17,19H2,1-3H3,(H,40,44)/b8-5-. The van der Waals surface area contributed by atoms with E-state index in [2.05, 4.69) is 20.5 Å². The van der Waals surface area contributed by atoms with Crippen molar-refractivity contribution >= 4 is 11.8 Å². The van der Waals surface area contributed by atoms with Crippen LogP contribution in [0.15, 0.2) is 77.2 Å². The predicted molar refractivity (Wildman–Crippen MR) is 159 cm³/mol. The van der Waals surface area contributed by atoms with Crippen molar-refractivity contribution < 1.29 is 45.0 Å². The predicted octanol–water partition coefficient (Wildman–Crippen LogP) is 9.03. The molecule has 4 aromatic rings. The minimum Gasteiger partial charge on any atom is -0.444 e. The fraction of sp³-hybridized carbons (Fsp3) is 0.333. The molecule has 8 nitrogen and oxygen atoms in total. The van der Waals surface area contributed by atoms with Gasteiger partial charge in [0.05, 0.1) is 23.6 Å². The van der Waals surface area contributed by atoms with Crippen molar-refractivity contribution in [3.05, 3.63) is 95.4 Å². The van der Waals surface area contributed by atoms with Gasteiger partial charge in [0.1, 0.15) is 5.60 Å². The van der Waals surface area contributed by atoms with Crippen molar-refractivity contribution in [3.8, 4) is 22.8 Å². The molecule has 1 aliphatic rings. The van der Waals surface area contributed by atoms with Crippen LogP contribution in [0.2, 0.25) is 0 Å². The summed E-state index contributed by atoms with van der Waals surface area (Å²) in [7, 11) is 0. The third-order valence-corrected chi connectivity index (χ3v) is 7.16. The summed E-state index contributed by atoms with van der Waals surface area (Å²) in [6.45, 7) is 4.16. The van der Waals surface area contributed by atoms with E-state index in [0.717, 1.165) is 0 Å². The summed E-state index contributed by atoms with van der Waals surface area (Å²) in [4.78, 5) is 17.0. The Morgan fingerprint density at radius 1 is 0.936 bits per heavy atom. The summed E-state index contributed by atoms with van der Waals surface area (Å²) < 4.78 is 105. The van der Waals surface area contributed by atoms with Crippen molar-refractivity contribution in [2.45, 2.75) is 70.2 Å². The third-order valence-electron chi connectivity index (χ3n) is 7.16. The molecule has 1 unspecified atom stereocenters. The van der Waals surface area contributed by atoms with Gasteiger partial charge in [-0.1, -0.05) is 66.7 Å². The number of fused-ring (bicyclic) bond motifs is 7. The summed E-state index contributed by atoms with van der Waals surface area (Å²) in [5, 5.41) is 9.71. The van der Waals surface area contributed by atoms with Crippen LogP contribution in [0.1, 0.15) is 56.2 Å². The first-order chi connectivity index (χ1) is 22.1. The zero-order valence-electron chi connectivity index (χ0n) is 25.5. The van der Waals surface area contributed by atoms with Gasteiger partial charge in [-0.3, -0.25) is 5.32 Å². The summed E-state index contributed by atoms with van der Waals surface area (Å²) in [6, 6.07) is 15.0. The van der Waals surface area contributed by atoms with Crippen LogP contribution < -0.4 is 5.32 Å². The number of nitrogens with one attached hydrogen (secondary N) is 1. The molecule has 1 atom stereocenters. The molecule has 14 heteroatoms. The van der Waals surface area contributed by atoms with E-state index in [-0.39, 0.29) is 18.4 Å². The second-order valence-electron chi connectivity index (χ2n) is 11.8. The molecular weight excluding hydrogens is 630 g/mol. The Bertz CT molecular complexity index is 1760. The van der Waals surface area contributed by atoms with E-state index < -0.39 is 77.1 Å². The number of carbonyl (C=O) groups is 1. The SMILES string of the molecule is CC(C)(C)OC(=O)Nc1cc(C(F)(F)F)c2nc1-c1nnc(o1)C(OCc1ccccc1)(C(F)(F)F)CC/C=C\Cc1ccccc1-2.